The van der Waals surface area contributed by atoms with E-state index >= 15 is 0 Å². The summed E-state index contributed by atoms with van der Waals surface area (Å²) in [7, 11) is -9.88. The van der Waals surface area contributed by atoms with Gasteiger partial charge in [0.25, 0.3) is 0 Å². The Labute approximate surface area is 279 Å². The van der Waals surface area contributed by atoms with Crippen LogP contribution in [0.25, 0.3) is 0 Å². The fourth-order valence-electron chi connectivity index (χ4n) is 11.8. The molecule has 5 aliphatic carbocycles. The smallest absolute Gasteiger partial charge is 0.726 e. The van der Waals surface area contributed by atoms with Gasteiger partial charge in [-0.1, -0.05) is 40.7 Å². The Morgan fingerprint density at radius 3 is 2.23 bits per heavy atom. The van der Waals surface area contributed by atoms with Gasteiger partial charge in [0.15, 0.2) is 0 Å². The number of aliphatic hydroxyl groups is 1. The van der Waals surface area contributed by atoms with Crippen LogP contribution >= 0.6 is 0 Å². The number of hydrogen-bond donors (Lipinski definition) is 2. The minimum absolute atomic E-state index is 0. The molecule has 11 atom stereocenters. The largest absolute Gasteiger partial charge is 1.00 e. The van der Waals surface area contributed by atoms with Crippen LogP contribution in [0, 0.1) is 56.7 Å². The predicted molar refractivity (Wildman–Crippen MR) is 153 cm³/mol. The van der Waals surface area contributed by atoms with Crippen molar-refractivity contribution in [1.29, 1.82) is 0 Å². The molecule has 4 saturated carbocycles. The molecule has 13 heteroatoms. The van der Waals surface area contributed by atoms with Crippen LogP contribution in [0.1, 0.15) is 92.4 Å². The average Bonchev–Trinajstić information content (AvgIpc) is 2.89. The first-order chi connectivity index (χ1) is 19.3. The summed E-state index contributed by atoms with van der Waals surface area (Å²) in [5.41, 5.74) is -1.08. The van der Waals surface area contributed by atoms with Crippen molar-refractivity contribution in [3.05, 3.63) is 11.6 Å². The van der Waals surface area contributed by atoms with Crippen molar-refractivity contribution in [2.24, 2.45) is 56.7 Å². The molecule has 0 bridgehead atoms. The van der Waals surface area contributed by atoms with E-state index in [9.17, 15) is 35.8 Å². The summed E-state index contributed by atoms with van der Waals surface area (Å²) in [6, 6.07) is 0. The third-order valence-electron chi connectivity index (χ3n) is 13.9. The fraction of sp³-hybridized carbons (Fsp3) is 0.900. The standard InChI is InChI=1S/C30H48O10S2.Na/c1-19-20(16-31)8-13-30(17-32)15-14-28(4)21(25(19)30)6-7-23-26(2)11-10-24(40-42(36,37)38)27(3,18-39-41(33,34)35)22(26)9-12-29(23,28)5;/h8,17,19,21-25,31H,6-7,9-16,18H2,1-5H3,(H,33,34,35)(H,36,37,38);/q;+1/p-1/t19-,21+,22+,23+,24-,25-,26-,27-,28+,29+,30+;/m0./s1. The molecule has 0 heterocycles. The van der Waals surface area contributed by atoms with E-state index in [1.807, 2.05) is 0 Å². The van der Waals surface area contributed by atoms with E-state index in [4.69, 9.17) is 8.37 Å². The number of allylic oxidation sites excluding steroid dienone is 1. The summed E-state index contributed by atoms with van der Waals surface area (Å²) in [4.78, 5) is 12.7. The quantitative estimate of drug-likeness (QED) is 0.135. The number of rotatable bonds is 7. The molecule has 0 saturated heterocycles. The van der Waals surface area contributed by atoms with E-state index in [-0.39, 0.29) is 82.5 Å². The Morgan fingerprint density at radius 1 is 0.977 bits per heavy atom. The topological polar surface area (TPSA) is 167 Å². The van der Waals surface area contributed by atoms with Gasteiger partial charge in [-0.15, -0.1) is 0 Å². The van der Waals surface area contributed by atoms with Crippen LogP contribution < -0.4 is 29.6 Å². The molecule has 5 rings (SSSR count). The van der Waals surface area contributed by atoms with Crippen molar-refractivity contribution in [3.8, 4) is 0 Å². The average molecular weight is 655 g/mol. The number of fused-ring (bicyclic) bond motifs is 7. The Kier molecular flexibility index (Phi) is 9.75. The van der Waals surface area contributed by atoms with Crippen LogP contribution in [-0.4, -0.2) is 56.7 Å². The maximum absolute atomic E-state index is 12.7. The second kappa shape index (κ2) is 11.7. The van der Waals surface area contributed by atoms with Crippen LogP contribution in [-0.2, 0) is 34.0 Å². The first-order valence-electron chi connectivity index (χ1n) is 15.3. The summed E-state index contributed by atoms with van der Waals surface area (Å²) < 4.78 is 77.7. The molecule has 0 aromatic rings. The van der Waals surface area contributed by atoms with Gasteiger partial charge in [-0.05, 0) is 109 Å². The number of aldehydes is 1. The zero-order valence-electron chi connectivity index (χ0n) is 26.4. The van der Waals surface area contributed by atoms with Gasteiger partial charge in [-0.25, -0.2) is 12.6 Å². The van der Waals surface area contributed by atoms with Crippen molar-refractivity contribution in [2.75, 3.05) is 13.2 Å². The molecular weight excluding hydrogens is 607 g/mol. The van der Waals surface area contributed by atoms with E-state index in [1.165, 1.54) is 6.29 Å². The summed E-state index contributed by atoms with van der Waals surface area (Å²) in [6.45, 7) is 10.3. The number of hydrogen-bond acceptors (Lipinski definition) is 9. The Morgan fingerprint density at radius 2 is 1.65 bits per heavy atom. The summed E-state index contributed by atoms with van der Waals surface area (Å²) >= 11 is 0. The zero-order chi connectivity index (χ0) is 31.1. The Bertz CT molecular complexity index is 1350. The van der Waals surface area contributed by atoms with Crippen LogP contribution in [0.4, 0.5) is 0 Å². The third kappa shape index (κ3) is 5.59. The number of aliphatic hydroxyl groups excluding tert-OH is 1. The second-order valence-electron chi connectivity index (χ2n) is 15.2. The monoisotopic (exact) mass is 654 g/mol. The van der Waals surface area contributed by atoms with Crippen molar-refractivity contribution < 1.29 is 73.8 Å². The number of carbonyl (C=O) groups excluding carboxylic acids is 1. The Hall–Kier alpha value is 0.110. The number of carbonyl (C=O) groups is 1. The maximum Gasteiger partial charge on any atom is 1.00 e. The van der Waals surface area contributed by atoms with Gasteiger partial charge in [0.2, 0.25) is 10.4 Å². The predicted octanol–water partition coefficient (Wildman–Crippen LogP) is 1.46. The van der Waals surface area contributed by atoms with Gasteiger partial charge >= 0.3 is 40.0 Å². The third-order valence-corrected chi connectivity index (χ3v) is 14.8. The minimum Gasteiger partial charge on any atom is -0.726 e. The summed E-state index contributed by atoms with van der Waals surface area (Å²) in [5, 5.41) is 10.1. The van der Waals surface area contributed by atoms with Crippen molar-refractivity contribution in [3.63, 3.8) is 0 Å². The van der Waals surface area contributed by atoms with Crippen molar-refractivity contribution in [1.82, 2.24) is 0 Å². The molecule has 0 amide bonds. The minimum atomic E-state index is -5.05. The summed E-state index contributed by atoms with van der Waals surface area (Å²) in [6.07, 6.45) is 8.78. The van der Waals surface area contributed by atoms with Gasteiger partial charge in [-0.3, -0.25) is 8.74 Å². The molecule has 0 spiro atoms. The SMILES string of the molecule is C[C@H]1C(CO)=CC[C@]2(C=O)CC[C@]3(C)[C@H](CC[C@@H]4[C@@]5(C)CC[C@H](OS(=O)(=O)O)[C@@](C)(COS(=O)(=O)[O-])[C@@H]5CC[C@]43C)[C@H]12.[Na+]. The zero-order valence-corrected chi connectivity index (χ0v) is 30.0. The van der Waals surface area contributed by atoms with E-state index in [2.05, 4.69) is 33.8 Å². The van der Waals surface area contributed by atoms with Crippen LogP contribution in [0.15, 0.2) is 11.6 Å². The van der Waals surface area contributed by atoms with Gasteiger partial charge in [0, 0.05) is 10.8 Å². The molecule has 0 aliphatic heterocycles. The first kappa shape index (κ1) is 36.0. The first-order valence-corrected chi connectivity index (χ1v) is 18.0. The fourth-order valence-corrected chi connectivity index (χ4v) is 12.8. The molecule has 10 nitrogen and oxygen atoms in total. The second-order valence-corrected chi connectivity index (χ2v) is 17.3. The molecule has 0 aromatic heterocycles. The molecular formula is C30H47NaO10S2. The van der Waals surface area contributed by atoms with Gasteiger partial charge in [0.05, 0.1) is 19.3 Å². The van der Waals surface area contributed by atoms with Crippen LogP contribution in [0.5, 0.6) is 0 Å². The van der Waals surface area contributed by atoms with E-state index in [0.717, 1.165) is 37.7 Å². The molecule has 2 N–H and O–H groups in total. The molecule has 240 valence electrons. The molecule has 0 aromatic carbocycles. The van der Waals surface area contributed by atoms with Crippen molar-refractivity contribution >= 4 is 27.1 Å². The van der Waals surface area contributed by atoms with E-state index in [1.54, 1.807) is 6.92 Å². The Balaban J connectivity index is 0.00000423. The van der Waals surface area contributed by atoms with Crippen LogP contribution in [0.3, 0.4) is 0 Å². The molecule has 43 heavy (non-hydrogen) atoms. The molecule has 4 fully saturated rings. The molecule has 0 radical (unpaired) electrons. The van der Waals surface area contributed by atoms with Gasteiger partial charge in [0.1, 0.15) is 6.29 Å². The van der Waals surface area contributed by atoms with Crippen molar-refractivity contribution in [2.45, 2.75) is 98.5 Å². The van der Waals surface area contributed by atoms with Crippen LogP contribution in [0.2, 0.25) is 0 Å². The molecule has 0 unspecified atom stereocenters. The summed E-state index contributed by atoms with van der Waals surface area (Å²) in [5.74, 6) is 0.538. The van der Waals surface area contributed by atoms with Gasteiger partial charge < -0.3 is 14.5 Å². The maximum atomic E-state index is 12.7. The van der Waals surface area contributed by atoms with E-state index < -0.39 is 44.3 Å². The molecule has 5 aliphatic rings. The van der Waals surface area contributed by atoms with Gasteiger partial charge in [-0.2, -0.15) is 8.42 Å². The normalized spacial score (nSPS) is 48.0. The van der Waals surface area contributed by atoms with E-state index in [0.29, 0.717) is 25.2 Å².